The number of hydrogen-bond donors (Lipinski definition) is 1. The molecule has 1 rings (SSSR count). The first-order valence-corrected chi connectivity index (χ1v) is 5.09. The zero-order valence-corrected chi connectivity index (χ0v) is 9.79. The quantitative estimate of drug-likeness (QED) is 0.804. The molecule has 0 aliphatic rings. The lowest BCUT2D eigenvalue weighted by atomic mass is 9.91. The normalized spacial score (nSPS) is 11.2. The van der Waals surface area contributed by atoms with Crippen molar-refractivity contribution in [2.45, 2.75) is 39.7 Å². The molecular weight excluding hydrogens is 188 g/mol. The molecule has 0 saturated carbocycles. The zero-order chi connectivity index (χ0) is 11.5. The van der Waals surface area contributed by atoms with Gasteiger partial charge in [0.15, 0.2) is 0 Å². The summed E-state index contributed by atoms with van der Waals surface area (Å²) in [6, 6.07) is 4.01. The summed E-state index contributed by atoms with van der Waals surface area (Å²) in [6.45, 7) is 8.44. The molecule has 1 heterocycles. The van der Waals surface area contributed by atoms with Gasteiger partial charge < -0.3 is 5.32 Å². The van der Waals surface area contributed by atoms with Crippen LogP contribution in [0.5, 0.6) is 0 Å². The molecule has 1 amide bonds. The fourth-order valence-corrected chi connectivity index (χ4v) is 1.20. The number of amides is 1. The Morgan fingerprint density at radius 1 is 1.40 bits per heavy atom. The second kappa shape index (κ2) is 4.43. The van der Waals surface area contributed by atoms with E-state index in [0.717, 1.165) is 11.3 Å². The first-order valence-electron chi connectivity index (χ1n) is 5.09. The molecule has 0 aliphatic heterocycles. The van der Waals surface area contributed by atoms with Crippen LogP contribution < -0.4 is 5.32 Å². The Hall–Kier alpha value is -1.38. The number of carbonyl (C=O) groups excluding carboxylic acids is 1. The third-order valence-electron chi connectivity index (χ3n) is 2.13. The van der Waals surface area contributed by atoms with Gasteiger partial charge in [-0.1, -0.05) is 26.8 Å². The molecule has 0 aromatic carbocycles. The van der Waals surface area contributed by atoms with Crippen LogP contribution in [0.4, 0.5) is 0 Å². The molecule has 1 aromatic heterocycles. The van der Waals surface area contributed by atoms with Crippen LogP contribution in [0.1, 0.15) is 39.0 Å². The van der Waals surface area contributed by atoms with Gasteiger partial charge in [-0.15, -0.1) is 0 Å². The van der Waals surface area contributed by atoms with Crippen molar-refractivity contribution in [2.24, 2.45) is 0 Å². The Bertz CT molecular complexity index is 336. The second-order valence-electron chi connectivity index (χ2n) is 4.71. The van der Waals surface area contributed by atoms with Gasteiger partial charge >= 0.3 is 0 Å². The lowest BCUT2D eigenvalue weighted by molar-refractivity contribution is -0.119. The molecule has 1 N–H and O–H groups in total. The van der Waals surface area contributed by atoms with Gasteiger partial charge in [0.1, 0.15) is 0 Å². The van der Waals surface area contributed by atoms with Gasteiger partial charge in [0.25, 0.3) is 0 Å². The van der Waals surface area contributed by atoms with Crippen molar-refractivity contribution in [3.05, 3.63) is 29.6 Å². The van der Waals surface area contributed by atoms with Gasteiger partial charge in [0.2, 0.25) is 5.91 Å². The molecule has 3 heteroatoms. The van der Waals surface area contributed by atoms with Crippen LogP contribution in [0.25, 0.3) is 0 Å². The van der Waals surface area contributed by atoms with E-state index >= 15 is 0 Å². The molecule has 0 bridgehead atoms. The minimum Gasteiger partial charge on any atom is -0.352 e. The van der Waals surface area contributed by atoms with Crippen molar-refractivity contribution < 1.29 is 4.79 Å². The molecule has 0 fully saturated rings. The standard InChI is InChI=1S/C12H18N2O/c1-9(15)13-7-10-5-6-11(14-8-10)12(2,3)4/h5-6,8H,7H2,1-4H3,(H,13,15). The molecule has 15 heavy (non-hydrogen) atoms. The van der Waals surface area contributed by atoms with Crippen LogP contribution in [0, 0.1) is 0 Å². The Morgan fingerprint density at radius 2 is 2.07 bits per heavy atom. The summed E-state index contributed by atoms with van der Waals surface area (Å²) in [6.07, 6.45) is 1.82. The number of rotatable bonds is 2. The monoisotopic (exact) mass is 206 g/mol. The topological polar surface area (TPSA) is 42.0 Å². The molecule has 0 unspecified atom stereocenters. The molecule has 0 saturated heterocycles. The van der Waals surface area contributed by atoms with Crippen LogP contribution in [-0.2, 0) is 16.8 Å². The fraction of sp³-hybridized carbons (Fsp3) is 0.500. The van der Waals surface area contributed by atoms with E-state index in [1.807, 2.05) is 18.3 Å². The van der Waals surface area contributed by atoms with Crippen molar-refractivity contribution >= 4 is 5.91 Å². The molecule has 1 aromatic rings. The van der Waals surface area contributed by atoms with E-state index in [2.05, 4.69) is 31.1 Å². The fourth-order valence-electron chi connectivity index (χ4n) is 1.20. The highest BCUT2D eigenvalue weighted by Crippen LogP contribution is 2.19. The van der Waals surface area contributed by atoms with Gasteiger partial charge in [-0.2, -0.15) is 0 Å². The molecule has 82 valence electrons. The number of aromatic nitrogens is 1. The molecule has 0 spiro atoms. The Labute approximate surface area is 90.9 Å². The minimum absolute atomic E-state index is 0.0186. The molecule has 0 radical (unpaired) electrons. The van der Waals surface area contributed by atoms with Crippen LogP contribution >= 0.6 is 0 Å². The third kappa shape index (κ3) is 3.70. The predicted molar refractivity (Wildman–Crippen MR) is 60.5 cm³/mol. The maximum absolute atomic E-state index is 10.7. The molecule has 3 nitrogen and oxygen atoms in total. The summed E-state index contributed by atoms with van der Waals surface area (Å²) in [7, 11) is 0. The van der Waals surface area contributed by atoms with Gasteiger partial charge in [-0.25, -0.2) is 0 Å². The maximum Gasteiger partial charge on any atom is 0.217 e. The minimum atomic E-state index is -0.0186. The van der Waals surface area contributed by atoms with Crippen molar-refractivity contribution in [3.63, 3.8) is 0 Å². The predicted octanol–water partition coefficient (Wildman–Crippen LogP) is 2.02. The SMILES string of the molecule is CC(=O)NCc1ccc(C(C)(C)C)nc1. The first kappa shape index (κ1) is 11.7. The summed E-state index contributed by atoms with van der Waals surface area (Å²) in [5, 5.41) is 2.74. The lowest BCUT2D eigenvalue weighted by Gasteiger charge is -2.17. The average Bonchev–Trinajstić information content (AvgIpc) is 2.14. The van der Waals surface area contributed by atoms with E-state index in [9.17, 15) is 4.79 Å². The first-order chi connectivity index (χ1) is 6.89. The molecule has 0 atom stereocenters. The third-order valence-corrected chi connectivity index (χ3v) is 2.13. The van der Waals surface area contributed by atoms with E-state index in [1.165, 1.54) is 6.92 Å². The summed E-state index contributed by atoms with van der Waals surface area (Å²) in [5.41, 5.74) is 2.17. The number of carbonyl (C=O) groups is 1. The maximum atomic E-state index is 10.7. The largest absolute Gasteiger partial charge is 0.352 e. The Morgan fingerprint density at radius 3 is 2.47 bits per heavy atom. The average molecular weight is 206 g/mol. The van der Waals surface area contributed by atoms with E-state index in [0.29, 0.717) is 6.54 Å². The summed E-state index contributed by atoms with van der Waals surface area (Å²) in [5.74, 6) is -0.0186. The summed E-state index contributed by atoms with van der Waals surface area (Å²) < 4.78 is 0. The number of pyridine rings is 1. The highest BCUT2D eigenvalue weighted by atomic mass is 16.1. The smallest absolute Gasteiger partial charge is 0.217 e. The van der Waals surface area contributed by atoms with Gasteiger partial charge in [-0.3, -0.25) is 9.78 Å². The zero-order valence-electron chi connectivity index (χ0n) is 9.79. The van der Waals surface area contributed by atoms with E-state index in [-0.39, 0.29) is 11.3 Å². The van der Waals surface area contributed by atoms with Crippen LogP contribution in [0.2, 0.25) is 0 Å². The summed E-state index contributed by atoms with van der Waals surface area (Å²) in [4.78, 5) is 15.1. The van der Waals surface area contributed by atoms with Gasteiger partial charge in [-0.05, 0) is 11.6 Å². The number of nitrogens with one attached hydrogen (secondary N) is 1. The Kier molecular flexibility index (Phi) is 3.45. The molecule has 0 aliphatic carbocycles. The van der Waals surface area contributed by atoms with Crippen molar-refractivity contribution in [2.75, 3.05) is 0 Å². The lowest BCUT2D eigenvalue weighted by Crippen LogP contribution is -2.19. The van der Waals surface area contributed by atoms with Crippen LogP contribution in [-0.4, -0.2) is 10.9 Å². The second-order valence-corrected chi connectivity index (χ2v) is 4.71. The van der Waals surface area contributed by atoms with Gasteiger partial charge in [0.05, 0.1) is 0 Å². The van der Waals surface area contributed by atoms with Gasteiger partial charge in [0, 0.05) is 30.8 Å². The van der Waals surface area contributed by atoms with E-state index in [1.54, 1.807) is 0 Å². The van der Waals surface area contributed by atoms with Crippen molar-refractivity contribution in [1.29, 1.82) is 0 Å². The molecular formula is C12H18N2O. The summed E-state index contributed by atoms with van der Waals surface area (Å²) >= 11 is 0. The van der Waals surface area contributed by atoms with Crippen molar-refractivity contribution in [1.82, 2.24) is 10.3 Å². The van der Waals surface area contributed by atoms with Crippen LogP contribution in [0.3, 0.4) is 0 Å². The van der Waals surface area contributed by atoms with Crippen LogP contribution in [0.15, 0.2) is 18.3 Å². The van der Waals surface area contributed by atoms with Crippen molar-refractivity contribution in [3.8, 4) is 0 Å². The highest BCUT2D eigenvalue weighted by molar-refractivity contribution is 5.72. The highest BCUT2D eigenvalue weighted by Gasteiger charge is 2.14. The van der Waals surface area contributed by atoms with E-state index in [4.69, 9.17) is 0 Å². The number of hydrogen-bond acceptors (Lipinski definition) is 2. The van der Waals surface area contributed by atoms with E-state index < -0.39 is 0 Å². The number of nitrogens with zero attached hydrogens (tertiary/aromatic N) is 1. The Balaban J connectivity index is 2.69.